The van der Waals surface area contributed by atoms with Gasteiger partial charge in [0, 0.05) is 18.5 Å². The third-order valence-corrected chi connectivity index (χ3v) is 2.18. The van der Waals surface area contributed by atoms with E-state index in [2.05, 4.69) is 0 Å². The highest BCUT2D eigenvalue weighted by Gasteiger charge is 2.21. The predicted octanol–water partition coefficient (Wildman–Crippen LogP) is 1.71. The smallest absolute Gasteiger partial charge is 0.108 e. The molecule has 1 nitrogen and oxygen atoms in total. The molecule has 0 heterocycles. The van der Waals surface area contributed by atoms with Gasteiger partial charge in [0.2, 0.25) is 0 Å². The molecule has 0 aliphatic heterocycles. The number of fused-ring (bicyclic) bond motifs is 1. The summed E-state index contributed by atoms with van der Waals surface area (Å²) in [6.45, 7) is 0. The van der Waals surface area contributed by atoms with E-state index in [-0.39, 0.29) is 0 Å². The van der Waals surface area contributed by atoms with Crippen LogP contribution >= 0.6 is 0 Å². The zero-order chi connectivity index (χ0) is 7.84. The van der Waals surface area contributed by atoms with Gasteiger partial charge in [-0.3, -0.25) is 0 Å². The first-order valence-corrected chi connectivity index (χ1v) is 3.77. The van der Waals surface area contributed by atoms with Gasteiger partial charge in [0.15, 0.2) is 0 Å². The lowest BCUT2D eigenvalue weighted by molar-refractivity contribution is 0.349. The number of hydrogen-bond acceptors (Lipinski definition) is 1. The van der Waals surface area contributed by atoms with Crippen LogP contribution in [0.4, 0.5) is 10.1 Å². The summed E-state index contributed by atoms with van der Waals surface area (Å²) in [5.74, 6) is 0. The molecular weight excluding hydrogens is 141 g/mol. The number of benzene rings is 1. The van der Waals surface area contributed by atoms with Crippen LogP contribution in [0.3, 0.4) is 0 Å². The van der Waals surface area contributed by atoms with Crippen LogP contribution in [-0.4, -0.2) is 6.17 Å². The van der Waals surface area contributed by atoms with Crippen LogP contribution in [0.5, 0.6) is 0 Å². The second-order valence-corrected chi connectivity index (χ2v) is 2.99. The van der Waals surface area contributed by atoms with Crippen LogP contribution in [0, 0.1) is 0 Å². The summed E-state index contributed by atoms with van der Waals surface area (Å²) < 4.78 is 12.8. The van der Waals surface area contributed by atoms with E-state index in [1.165, 1.54) is 0 Å². The molecule has 1 aromatic carbocycles. The second kappa shape index (κ2) is 2.22. The van der Waals surface area contributed by atoms with Gasteiger partial charge in [-0.05, 0) is 17.2 Å². The first-order valence-electron chi connectivity index (χ1n) is 3.77. The molecule has 0 aromatic heterocycles. The molecule has 0 bridgehead atoms. The Labute approximate surface area is 65.0 Å². The van der Waals surface area contributed by atoms with Crippen LogP contribution < -0.4 is 5.73 Å². The zero-order valence-corrected chi connectivity index (χ0v) is 6.18. The van der Waals surface area contributed by atoms with Gasteiger partial charge in [0.05, 0.1) is 0 Å². The van der Waals surface area contributed by atoms with E-state index in [0.29, 0.717) is 12.8 Å². The van der Waals surface area contributed by atoms with Gasteiger partial charge in [-0.15, -0.1) is 0 Å². The Balaban J connectivity index is 2.49. The highest BCUT2D eigenvalue weighted by atomic mass is 19.1. The van der Waals surface area contributed by atoms with Crippen molar-refractivity contribution in [3.63, 3.8) is 0 Å². The van der Waals surface area contributed by atoms with Crippen molar-refractivity contribution in [1.82, 2.24) is 0 Å². The molecular formula is C9H10FN. The number of alkyl halides is 1. The first kappa shape index (κ1) is 6.65. The maximum Gasteiger partial charge on any atom is 0.108 e. The summed E-state index contributed by atoms with van der Waals surface area (Å²) in [4.78, 5) is 0. The number of anilines is 1. The first-order chi connectivity index (χ1) is 5.27. The molecule has 0 fully saturated rings. The summed E-state index contributed by atoms with van der Waals surface area (Å²) >= 11 is 0. The molecule has 0 spiro atoms. The fourth-order valence-electron chi connectivity index (χ4n) is 1.63. The van der Waals surface area contributed by atoms with Gasteiger partial charge in [0.1, 0.15) is 6.17 Å². The lowest BCUT2D eigenvalue weighted by atomic mass is 10.1. The van der Waals surface area contributed by atoms with Crippen molar-refractivity contribution in [2.45, 2.75) is 19.0 Å². The third-order valence-electron chi connectivity index (χ3n) is 2.18. The van der Waals surface area contributed by atoms with Gasteiger partial charge in [0.25, 0.3) is 0 Å². The molecule has 2 heteroatoms. The van der Waals surface area contributed by atoms with E-state index >= 15 is 0 Å². The van der Waals surface area contributed by atoms with Crippen LogP contribution in [0.15, 0.2) is 18.2 Å². The number of hydrogen-bond donors (Lipinski definition) is 1. The van der Waals surface area contributed by atoms with E-state index in [4.69, 9.17) is 5.73 Å². The lowest BCUT2D eigenvalue weighted by Crippen LogP contribution is -1.97. The van der Waals surface area contributed by atoms with Gasteiger partial charge in [-0.2, -0.15) is 0 Å². The molecule has 0 radical (unpaired) electrons. The maximum atomic E-state index is 12.8. The Morgan fingerprint density at radius 3 is 2.91 bits per heavy atom. The number of nitrogens with two attached hydrogens (primary N) is 1. The summed E-state index contributed by atoms with van der Waals surface area (Å²) in [5, 5.41) is 0. The standard InChI is InChI=1S/C9H10FN/c10-7-4-6-2-1-3-9(11)8(6)5-7/h1-3,7H,4-5,11H2. The van der Waals surface area contributed by atoms with Crippen molar-refractivity contribution in [3.8, 4) is 0 Å². The van der Waals surface area contributed by atoms with Crippen molar-refractivity contribution >= 4 is 5.69 Å². The van der Waals surface area contributed by atoms with Crippen molar-refractivity contribution in [2.24, 2.45) is 0 Å². The molecule has 11 heavy (non-hydrogen) atoms. The Hall–Kier alpha value is -1.05. The molecule has 0 amide bonds. The molecule has 0 saturated carbocycles. The van der Waals surface area contributed by atoms with Crippen LogP contribution in [0.2, 0.25) is 0 Å². The largest absolute Gasteiger partial charge is 0.398 e. The minimum atomic E-state index is -0.713. The highest BCUT2D eigenvalue weighted by Crippen LogP contribution is 2.28. The average Bonchev–Trinajstić information content (AvgIpc) is 2.31. The van der Waals surface area contributed by atoms with E-state index < -0.39 is 6.17 Å². The number of rotatable bonds is 0. The van der Waals surface area contributed by atoms with Crippen LogP contribution in [0.1, 0.15) is 11.1 Å². The molecule has 2 N–H and O–H groups in total. The summed E-state index contributed by atoms with van der Waals surface area (Å²) in [6, 6.07) is 5.66. The zero-order valence-electron chi connectivity index (χ0n) is 6.18. The second-order valence-electron chi connectivity index (χ2n) is 2.99. The third kappa shape index (κ3) is 0.985. The molecule has 1 unspecified atom stereocenters. The quantitative estimate of drug-likeness (QED) is 0.561. The summed E-state index contributed by atoms with van der Waals surface area (Å²) in [5.41, 5.74) is 8.50. The molecule has 0 saturated heterocycles. The van der Waals surface area contributed by atoms with Gasteiger partial charge >= 0.3 is 0 Å². The monoisotopic (exact) mass is 151 g/mol. The van der Waals surface area contributed by atoms with Crippen LogP contribution in [-0.2, 0) is 12.8 Å². The predicted molar refractivity (Wildman–Crippen MR) is 43.2 cm³/mol. The molecule has 1 aliphatic carbocycles. The van der Waals surface area contributed by atoms with Crippen molar-refractivity contribution in [1.29, 1.82) is 0 Å². The molecule has 58 valence electrons. The summed E-state index contributed by atoms with van der Waals surface area (Å²) in [6.07, 6.45) is 0.331. The maximum absolute atomic E-state index is 12.8. The van der Waals surface area contributed by atoms with E-state index in [1.54, 1.807) is 0 Å². The van der Waals surface area contributed by atoms with E-state index in [1.807, 2.05) is 18.2 Å². The van der Waals surface area contributed by atoms with Crippen molar-refractivity contribution < 1.29 is 4.39 Å². The molecule has 1 atom stereocenters. The van der Waals surface area contributed by atoms with E-state index in [9.17, 15) is 4.39 Å². The molecule has 1 aromatic rings. The Bertz CT molecular complexity index is 283. The Kier molecular flexibility index (Phi) is 1.34. The average molecular weight is 151 g/mol. The number of nitrogen functional groups attached to an aromatic ring is 1. The van der Waals surface area contributed by atoms with Gasteiger partial charge in [-0.1, -0.05) is 12.1 Å². The lowest BCUT2D eigenvalue weighted by Gasteiger charge is -2.00. The van der Waals surface area contributed by atoms with E-state index in [0.717, 1.165) is 16.8 Å². The fourth-order valence-corrected chi connectivity index (χ4v) is 1.63. The molecule has 2 rings (SSSR count). The fraction of sp³-hybridized carbons (Fsp3) is 0.333. The van der Waals surface area contributed by atoms with Gasteiger partial charge in [-0.25, -0.2) is 4.39 Å². The minimum absolute atomic E-state index is 0.502. The van der Waals surface area contributed by atoms with Crippen molar-refractivity contribution in [2.75, 3.05) is 5.73 Å². The Morgan fingerprint density at radius 2 is 2.18 bits per heavy atom. The molecule has 1 aliphatic rings. The SMILES string of the molecule is Nc1cccc2c1CC(F)C2. The highest BCUT2D eigenvalue weighted by molar-refractivity contribution is 5.53. The minimum Gasteiger partial charge on any atom is -0.398 e. The number of halogens is 1. The van der Waals surface area contributed by atoms with Gasteiger partial charge < -0.3 is 5.73 Å². The van der Waals surface area contributed by atoms with Crippen LogP contribution in [0.25, 0.3) is 0 Å². The van der Waals surface area contributed by atoms with Crippen molar-refractivity contribution in [3.05, 3.63) is 29.3 Å². The summed E-state index contributed by atoms with van der Waals surface area (Å²) in [7, 11) is 0. The topological polar surface area (TPSA) is 26.0 Å². The Morgan fingerprint density at radius 1 is 1.36 bits per heavy atom. The normalized spacial score (nSPS) is 21.7.